The van der Waals surface area contributed by atoms with Crippen LogP contribution in [0.1, 0.15) is 23.0 Å². The Balaban J connectivity index is 2.04. The summed E-state index contributed by atoms with van der Waals surface area (Å²) in [5.41, 5.74) is 1.49. The molecule has 0 aliphatic heterocycles. The summed E-state index contributed by atoms with van der Waals surface area (Å²) < 4.78 is 23.6. The standard InChI is InChI=1S/C17H22FNO3/c1-13-10-14(18)5-6-16(13)17(20)12-19(7-9-21-2)11-15-4-3-8-22-15/h3-6,8,10,17,20H,7,9,11-12H2,1-2H3. The number of furan rings is 1. The van der Waals surface area contributed by atoms with Crippen LogP contribution in [0.15, 0.2) is 41.0 Å². The third kappa shape index (κ3) is 4.66. The molecule has 0 radical (unpaired) electrons. The molecular weight excluding hydrogens is 285 g/mol. The van der Waals surface area contributed by atoms with Crippen LogP contribution in [0.25, 0.3) is 0 Å². The number of hydrogen-bond acceptors (Lipinski definition) is 4. The molecule has 2 rings (SSSR count). The van der Waals surface area contributed by atoms with Crippen LogP contribution < -0.4 is 0 Å². The number of methoxy groups -OCH3 is 1. The van der Waals surface area contributed by atoms with Gasteiger partial charge in [-0.2, -0.15) is 0 Å². The van der Waals surface area contributed by atoms with E-state index in [2.05, 4.69) is 4.90 Å². The Morgan fingerprint density at radius 2 is 2.18 bits per heavy atom. The maximum atomic E-state index is 13.2. The number of nitrogens with zero attached hydrogens (tertiary/aromatic N) is 1. The van der Waals surface area contributed by atoms with E-state index >= 15 is 0 Å². The Bertz CT molecular complexity index is 571. The second-order valence-corrected chi connectivity index (χ2v) is 5.32. The van der Waals surface area contributed by atoms with E-state index < -0.39 is 6.10 Å². The largest absolute Gasteiger partial charge is 0.468 e. The number of rotatable bonds is 8. The molecule has 1 unspecified atom stereocenters. The number of aliphatic hydroxyl groups excluding tert-OH is 1. The van der Waals surface area contributed by atoms with Gasteiger partial charge < -0.3 is 14.3 Å². The van der Waals surface area contributed by atoms with Crippen molar-refractivity contribution in [2.24, 2.45) is 0 Å². The average molecular weight is 307 g/mol. The summed E-state index contributed by atoms with van der Waals surface area (Å²) in [5, 5.41) is 10.5. The highest BCUT2D eigenvalue weighted by atomic mass is 19.1. The van der Waals surface area contributed by atoms with Gasteiger partial charge in [0.05, 0.1) is 25.5 Å². The summed E-state index contributed by atoms with van der Waals surface area (Å²) in [6.07, 6.45) is 0.942. The van der Waals surface area contributed by atoms with Gasteiger partial charge in [0.15, 0.2) is 0 Å². The first kappa shape index (κ1) is 16.7. The first-order chi connectivity index (χ1) is 10.6. The van der Waals surface area contributed by atoms with Gasteiger partial charge in [-0.15, -0.1) is 0 Å². The van der Waals surface area contributed by atoms with Crippen molar-refractivity contribution in [3.63, 3.8) is 0 Å². The Hall–Kier alpha value is -1.69. The molecule has 4 nitrogen and oxygen atoms in total. The van der Waals surface area contributed by atoms with E-state index in [0.717, 1.165) is 16.9 Å². The number of hydrogen-bond donors (Lipinski definition) is 1. The van der Waals surface area contributed by atoms with Crippen molar-refractivity contribution in [3.05, 3.63) is 59.3 Å². The molecule has 0 aliphatic rings. The fourth-order valence-corrected chi connectivity index (χ4v) is 2.43. The lowest BCUT2D eigenvalue weighted by molar-refractivity contribution is 0.0808. The lowest BCUT2D eigenvalue weighted by Crippen LogP contribution is -2.31. The summed E-state index contributed by atoms with van der Waals surface area (Å²) in [6.45, 7) is 4.06. The summed E-state index contributed by atoms with van der Waals surface area (Å²) in [7, 11) is 1.64. The van der Waals surface area contributed by atoms with E-state index in [4.69, 9.17) is 9.15 Å². The Kier molecular flexibility index (Phi) is 6.12. The van der Waals surface area contributed by atoms with Crippen LogP contribution in [0, 0.1) is 12.7 Å². The molecule has 0 saturated carbocycles. The highest BCUT2D eigenvalue weighted by Crippen LogP contribution is 2.20. The molecule has 1 N–H and O–H groups in total. The number of aliphatic hydroxyl groups is 1. The maximum absolute atomic E-state index is 13.2. The molecule has 1 aromatic carbocycles. The van der Waals surface area contributed by atoms with Gasteiger partial charge in [0.1, 0.15) is 11.6 Å². The summed E-state index contributed by atoms with van der Waals surface area (Å²) in [4.78, 5) is 2.05. The van der Waals surface area contributed by atoms with E-state index in [9.17, 15) is 9.50 Å². The molecular formula is C17H22FNO3. The van der Waals surface area contributed by atoms with Gasteiger partial charge in [0.25, 0.3) is 0 Å². The van der Waals surface area contributed by atoms with Gasteiger partial charge in [-0.25, -0.2) is 4.39 Å². The molecule has 0 amide bonds. The van der Waals surface area contributed by atoms with Gasteiger partial charge in [0.2, 0.25) is 0 Å². The average Bonchev–Trinajstić information content (AvgIpc) is 2.97. The van der Waals surface area contributed by atoms with Gasteiger partial charge in [0, 0.05) is 20.2 Å². The first-order valence-corrected chi connectivity index (χ1v) is 7.28. The molecule has 2 aromatic rings. The molecule has 1 aromatic heterocycles. The molecule has 22 heavy (non-hydrogen) atoms. The SMILES string of the molecule is COCCN(Cc1ccco1)CC(O)c1ccc(F)cc1C. The van der Waals surface area contributed by atoms with Gasteiger partial charge in [-0.1, -0.05) is 6.07 Å². The molecule has 0 bridgehead atoms. The van der Waals surface area contributed by atoms with Crippen molar-refractivity contribution in [3.8, 4) is 0 Å². The third-order valence-electron chi connectivity index (χ3n) is 3.59. The van der Waals surface area contributed by atoms with Gasteiger partial charge in [-0.3, -0.25) is 4.90 Å². The lowest BCUT2D eigenvalue weighted by atomic mass is 10.0. The molecule has 0 fully saturated rings. The van der Waals surface area contributed by atoms with Crippen LogP contribution in [0.4, 0.5) is 4.39 Å². The molecule has 1 heterocycles. The topological polar surface area (TPSA) is 45.8 Å². The maximum Gasteiger partial charge on any atom is 0.123 e. The van der Waals surface area contributed by atoms with Crippen LogP contribution in [0.5, 0.6) is 0 Å². The highest BCUT2D eigenvalue weighted by Gasteiger charge is 2.17. The molecule has 120 valence electrons. The van der Waals surface area contributed by atoms with Crippen molar-refractivity contribution in [2.75, 3.05) is 26.8 Å². The summed E-state index contributed by atoms with van der Waals surface area (Å²) in [5.74, 6) is 0.541. The molecule has 0 spiro atoms. The van der Waals surface area contributed by atoms with Crippen molar-refractivity contribution in [2.45, 2.75) is 19.6 Å². The van der Waals surface area contributed by atoms with Crippen LogP contribution >= 0.6 is 0 Å². The second kappa shape index (κ2) is 8.08. The minimum Gasteiger partial charge on any atom is -0.468 e. The number of aryl methyl sites for hydroxylation is 1. The van der Waals surface area contributed by atoms with Crippen molar-refractivity contribution in [1.29, 1.82) is 0 Å². The van der Waals surface area contributed by atoms with Crippen LogP contribution in [0.2, 0.25) is 0 Å². The number of halogens is 1. The quantitative estimate of drug-likeness (QED) is 0.814. The third-order valence-corrected chi connectivity index (χ3v) is 3.59. The fraction of sp³-hybridized carbons (Fsp3) is 0.412. The molecule has 5 heteroatoms. The van der Waals surface area contributed by atoms with E-state index in [-0.39, 0.29) is 5.82 Å². The lowest BCUT2D eigenvalue weighted by Gasteiger charge is -2.25. The molecule has 0 saturated heterocycles. The van der Waals surface area contributed by atoms with Crippen LogP contribution in [0.3, 0.4) is 0 Å². The normalized spacial score (nSPS) is 12.8. The minimum absolute atomic E-state index is 0.291. The van der Waals surface area contributed by atoms with Crippen LogP contribution in [-0.2, 0) is 11.3 Å². The Morgan fingerprint density at radius 3 is 2.82 bits per heavy atom. The van der Waals surface area contributed by atoms with Gasteiger partial charge in [-0.05, 0) is 42.3 Å². The summed E-state index contributed by atoms with van der Waals surface area (Å²) >= 11 is 0. The van der Waals surface area contributed by atoms with Crippen LogP contribution in [-0.4, -0.2) is 36.8 Å². The monoisotopic (exact) mass is 307 g/mol. The smallest absolute Gasteiger partial charge is 0.123 e. The number of benzene rings is 1. The van der Waals surface area contributed by atoms with E-state index in [1.54, 1.807) is 26.4 Å². The Morgan fingerprint density at radius 1 is 1.36 bits per heavy atom. The zero-order valence-corrected chi connectivity index (χ0v) is 13.0. The van der Waals surface area contributed by atoms with E-state index in [0.29, 0.717) is 26.2 Å². The summed E-state index contributed by atoms with van der Waals surface area (Å²) in [6, 6.07) is 8.18. The van der Waals surface area contributed by atoms with Crippen molar-refractivity contribution < 1.29 is 18.7 Å². The van der Waals surface area contributed by atoms with Crippen molar-refractivity contribution >= 4 is 0 Å². The fourth-order valence-electron chi connectivity index (χ4n) is 2.43. The van der Waals surface area contributed by atoms with Crippen molar-refractivity contribution in [1.82, 2.24) is 4.90 Å². The minimum atomic E-state index is -0.688. The van der Waals surface area contributed by atoms with E-state index in [1.165, 1.54) is 12.1 Å². The van der Waals surface area contributed by atoms with E-state index in [1.807, 2.05) is 12.1 Å². The number of ether oxygens (including phenoxy) is 1. The highest BCUT2D eigenvalue weighted by molar-refractivity contribution is 5.28. The zero-order valence-electron chi connectivity index (χ0n) is 13.0. The first-order valence-electron chi connectivity index (χ1n) is 7.28. The molecule has 0 aliphatic carbocycles. The zero-order chi connectivity index (χ0) is 15.9. The van der Waals surface area contributed by atoms with Gasteiger partial charge >= 0.3 is 0 Å². The Labute approximate surface area is 130 Å². The predicted octanol–water partition coefficient (Wildman–Crippen LogP) is 2.91. The second-order valence-electron chi connectivity index (χ2n) is 5.32. The molecule has 1 atom stereocenters. The predicted molar refractivity (Wildman–Crippen MR) is 82.0 cm³/mol.